The number of amides is 1. The fourth-order valence-electron chi connectivity index (χ4n) is 3.44. The van der Waals surface area contributed by atoms with Gasteiger partial charge in [0.15, 0.2) is 0 Å². The molecule has 2 N–H and O–H groups in total. The quantitative estimate of drug-likeness (QED) is 0.761. The number of rotatable bonds is 5. The summed E-state index contributed by atoms with van der Waals surface area (Å²) in [4.78, 5) is 12.4. The van der Waals surface area contributed by atoms with Gasteiger partial charge in [0, 0.05) is 24.7 Å². The number of benzene rings is 1. The number of carbonyl (C=O) groups excluding carboxylic acids is 1. The lowest BCUT2D eigenvalue weighted by atomic mass is 9.99. The molecular formula is C17H25Cl2N3O3S. The zero-order chi connectivity index (χ0) is 17.9. The van der Waals surface area contributed by atoms with Crippen LogP contribution in [0.25, 0.3) is 0 Å². The second kappa shape index (κ2) is 9.37. The summed E-state index contributed by atoms with van der Waals surface area (Å²) in [6, 6.07) is 6.15. The lowest BCUT2D eigenvalue weighted by Crippen LogP contribution is -2.46. The van der Waals surface area contributed by atoms with Crippen LogP contribution in [0.2, 0.25) is 5.02 Å². The molecule has 2 aliphatic heterocycles. The normalized spacial score (nSPS) is 24.0. The summed E-state index contributed by atoms with van der Waals surface area (Å²) in [5.41, 5.74) is 0. The first-order valence-corrected chi connectivity index (χ1v) is 10.6. The summed E-state index contributed by atoms with van der Waals surface area (Å²) < 4.78 is 27.1. The zero-order valence-electron chi connectivity index (χ0n) is 14.5. The summed E-state index contributed by atoms with van der Waals surface area (Å²) in [5.74, 6) is 0.163. The highest BCUT2D eigenvalue weighted by Gasteiger charge is 2.31. The third kappa shape index (κ3) is 5.10. The van der Waals surface area contributed by atoms with Crippen LogP contribution in [0.3, 0.4) is 0 Å². The van der Waals surface area contributed by atoms with Crippen molar-refractivity contribution in [2.75, 3.05) is 26.2 Å². The van der Waals surface area contributed by atoms with Gasteiger partial charge in [0.1, 0.15) is 0 Å². The number of halogens is 2. The van der Waals surface area contributed by atoms with Crippen LogP contribution in [-0.2, 0) is 14.8 Å². The molecule has 0 aromatic heterocycles. The predicted molar refractivity (Wildman–Crippen MR) is 104 cm³/mol. The average molecular weight is 422 g/mol. The van der Waals surface area contributed by atoms with Gasteiger partial charge in [-0.05, 0) is 62.4 Å². The van der Waals surface area contributed by atoms with Crippen molar-refractivity contribution in [1.29, 1.82) is 0 Å². The minimum Gasteiger partial charge on any atom is -0.354 e. The number of piperidine rings is 1. The van der Waals surface area contributed by atoms with Crippen LogP contribution in [0, 0.1) is 5.92 Å². The van der Waals surface area contributed by atoms with Crippen LogP contribution in [0.4, 0.5) is 0 Å². The van der Waals surface area contributed by atoms with Gasteiger partial charge >= 0.3 is 0 Å². The molecule has 0 spiro atoms. The summed E-state index contributed by atoms with van der Waals surface area (Å²) in [7, 11) is -3.52. The van der Waals surface area contributed by atoms with Crippen LogP contribution in [-0.4, -0.2) is 50.9 Å². The highest BCUT2D eigenvalue weighted by molar-refractivity contribution is 7.89. The van der Waals surface area contributed by atoms with Crippen molar-refractivity contribution in [3.05, 3.63) is 29.3 Å². The second-order valence-corrected chi connectivity index (χ2v) is 9.09. The van der Waals surface area contributed by atoms with Crippen LogP contribution >= 0.6 is 24.0 Å². The van der Waals surface area contributed by atoms with E-state index in [2.05, 4.69) is 10.6 Å². The Morgan fingerprint density at radius 1 is 1.23 bits per heavy atom. The molecule has 0 bridgehead atoms. The van der Waals surface area contributed by atoms with Crippen molar-refractivity contribution in [3.8, 4) is 0 Å². The molecule has 3 rings (SSSR count). The van der Waals surface area contributed by atoms with E-state index < -0.39 is 10.0 Å². The molecule has 2 aliphatic rings. The van der Waals surface area contributed by atoms with Crippen molar-refractivity contribution >= 4 is 39.9 Å². The zero-order valence-corrected chi connectivity index (χ0v) is 16.9. The SMILES string of the molecule is Cl.O=C(NCC1CCCN(S(=O)(=O)c2ccc(Cl)cc2)C1)C1CCCN1. The van der Waals surface area contributed by atoms with Gasteiger partial charge in [-0.1, -0.05) is 11.6 Å². The van der Waals surface area contributed by atoms with Crippen LogP contribution in [0.5, 0.6) is 0 Å². The Bertz CT molecular complexity index is 706. The van der Waals surface area contributed by atoms with Crippen molar-refractivity contribution < 1.29 is 13.2 Å². The van der Waals surface area contributed by atoms with E-state index in [1.807, 2.05) is 0 Å². The summed E-state index contributed by atoms with van der Waals surface area (Å²) in [5, 5.41) is 6.66. The molecule has 0 aliphatic carbocycles. The minimum absolute atomic E-state index is 0. The monoisotopic (exact) mass is 421 g/mol. The van der Waals surface area contributed by atoms with Gasteiger partial charge in [-0.3, -0.25) is 4.79 Å². The molecule has 0 radical (unpaired) electrons. The largest absolute Gasteiger partial charge is 0.354 e. The lowest BCUT2D eigenvalue weighted by molar-refractivity contribution is -0.123. The Morgan fingerprint density at radius 3 is 2.62 bits per heavy atom. The Hall–Kier alpha value is -0.860. The molecule has 1 aromatic rings. The smallest absolute Gasteiger partial charge is 0.243 e. The van der Waals surface area contributed by atoms with Gasteiger partial charge in [-0.25, -0.2) is 8.42 Å². The number of nitrogens with zero attached hydrogens (tertiary/aromatic N) is 1. The van der Waals surface area contributed by atoms with Gasteiger partial charge < -0.3 is 10.6 Å². The van der Waals surface area contributed by atoms with E-state index in [-0.39, 0.29) is 35.2 Å². The van der Waals surface area contributed by atoms with Gasteiger partial charge in [0.05, 0.1) is 10.9 Å². The van der Waals surface area contributed by atoms with E-state index in [0.717, 1.165) is 32.2 Å². The summed E-state index contributed by atoms with van der Waals surface area (Å²) in [6.07, 6.45) is 3.61. The Kier molecular flexibility index (Phi) is 7.73. The van der Waals surface area contributed by atoms with Crippen molar-refractivity contribution in [2.24, 2.45) is 5.92 Å². The van der Waals surface area contributed by atoms with Gasteiger partial charge in [-0.2, -0.15) is 4.31 Å². The first kappa shape index (κ1) is 21.4. The number of nitrogens with one attached hydrogen (secondary N) is 2. The number of carbonyl (C=O) groups is 1. The molecule has 146 valence electrons. The predicted octanol–water partition coefficient (Wildman–Crippen LogP) is 2.03. The Labute approximate surface area is 166 Å². The fraction of sp³-hybridized carbons (Fsp3) is 0.588. The number of hydrogen-bond acceptors (Lipinski definition) is 4. The molecule has 9 heteroatoms. The van der Waals surface area contributed by atoms with Crippen molar-refractivity contribution in [1.82, 2.24) is 14.9 Å². The minimum atomic E-state index is -3.52. The number of sulfonamides is 1. The molecule has 2 saturated heterocycles. The fourth-order valence-corrected chi connectivity index (χ4v) is 5.12. The molecule has 2 atom stereocenters. The highest BCUT2D eigenvalue weighted by atomic mass is 35.5. The molecule has 0 saturated carbocycles. The highest BCUT2D eigenvalue weighted by Crippen LogP contribution is 2.24. The molecule has 2 fully saturated rings. The third-order valence-corrected chi connectivity index (χ3v) is 7.01. The third-order valence-electron chi connectivity index (χ3n) is 4.87. The van der Waals surface area contributed by atoms with E-state index in [0.29, 0.717) is 24.7 Å². The maximum atomic E-state index is 12.8. The second-order valence-electron chi connectivity index (χ2n) is 6.72. The maximum Gasteiger partial charge on any atom is 0.243 e. The lowest BCUT2D eigenvalue weighted by Gasteiger charge is -2.32. The van der Waals surface area contributed by atoms with Crippen molar-refractivity contribution in [2.45, 2.75) is 36.6 Å². The van der Waals surface area contributed by atoms with E-state index in [9.17, 15) is 13.2 Å². The van der Waals surface area contributed by atoms with Crippen LogP contribution < -0.4 is 10.6 Å². The molecule has 1 amide bonds. The number of hydrogen-bond donors (Lipinski definition) is 2. The van der Waals surface area contributed by atoms with Crippen LogP contribution in [0.1, 0.15) is 25.7 Å². The van der Waals surface area contributed by atoms with Gasteiger partial charge in [0.25, 0.3) is 0 Å². The summed E-state index contributed by atoms with van der Waals surface area (Å²) >= 11 is 5.84. The molecule has 2 heterocycles. The molecular weight excluding hydrogens is 397 g/mol. The molecule has 26 heavy (non-hydrogen) atoms. The van der Waals surface area contributed by atoms with Gasteiger partial charge in [-0.15, -0.1) is 12.4 Å². The standard InChI is InChI=1S/C17H24ClN3O3S.ClH/c18-14-5-7-15(8-6-14)25(23,24)21-10-2-3-13(12-21)11-20-17(22)16-4-1-9-19-16;/h5-8,13,16,19H,1-4,9-12H2,(H,20,22);1H. The average Bonchev–Trinajstić information content (AvgIpc) is 3.15. The van der Waals surface area contributed by atoms with Crippen LogP contribution in [0.15, 0.2) is 29.2 Å². The van der Waals surface area contributed by atoms with Crippen molar-refractivity contribution in [3.63, 3.8) is 0 Å². The maximum absolute atomic E-state index is 12.8. The molecule has 6 nitrogen and oxygen atoms in total. The summed E-state index contributed by atoms with van der Waals surface area (Å²) in [6.45, 7) is 2.35. The molecule has 2 unspecified atom stereocenters. The topological polar surface area (TPSA) is 78.5 Å². The Morgan fingerprint density at radius 2 is 1.96 bits per heavy atom. The first-order chi connectivity index (χ1) is 12.0. The van der Waals surface area contributed by atoms with E-state index in [1.165, 1.54) is 16.4 Å². The van der Waals surface area contributed by atoms with E-state index in [4.69, 9.17) is 11.6 Å². The van der Waals surface area contributed by atoms with Gasteiger partial charge in [0.2, 0.25) is 15.9 Å². The first-order valence-electron chi connectivity index (χ1n) is 8.73. The van der Waals surface area contributed by atoms with E-state index in [1.54, 1.807) is 12.1 Å². The Balaban J connectivity index is 0.00000243. The van der Waals surface area contributed by atoms with E-state index >= 15 is 0 Å². The molecule has 1 aromatic carbocycles.